The van der Waals surface area contributed by atoms with Crippen LogP contribution in [0.1, 0.15) is 39.4 Å². The molecule has 0 N–H and O–H groups in total. The summed E-state index contributed by atoms with van der Waals surface area (Å²) in [4.78, 5) is 5.77. The van der Waals surface area contributed by atoms with Gasteiger partial charge in [0.1, 0.15) is 5.01 Å². The minimum atomic E-state index is -4.34. The summed E-state index contributed by atoms with van der Waals surface area (Å²) in [5.41, 5.74) is 2.22. The first-order valence-corrected chi connectivity index (χ1v) is 8.79. The molecular formula is C20H18F3NS. The fraction of sp³-hybridized carbons (Fsp3) is 0.250. The van der Waals surface area contributed by atoms with E-state index in [0.717, 1.165) is 21.1 Å². The van der Waals surface area contributed by atoms with Crippen molar-refractivity contribution in [3.63, 3.8) is 0 Å². The molecule has 0 saturated carbocycles. The Kier molecular flexibility index (Phi) is 4.69. The summed E-state index contributed by atoms with van der Waals surface area (Å²) in [5.74, 6) is -0.192. The molecule has 0 spiro atoms. The zero-order valence-electron chi connectivity index (χ0n) is 14.2. The Morgan fingerprint density at radius 2 is 1.68 bits per heavy atom. The third kappa shape index (κ3) is 3.61. The highest BCUT2D eigenvalue weighted by atomic mass is 32.1. The summed E-state index contributed by atoms with van der Waals surface area (Å²) >= 11 is 1.54. The number of alkyl halides is 3. The van der Waals surface area contributed by atoms with Crippen molar-refractivity contribution in [2.24, 2.45) is 0 Å². The summed E-state index contributed by atoms with van der Waals surface area (Å²) in [6.45, 7) is 5.38. The molecule has 1 heterocycles. The third-order valence-corrected chi connectivity index (χ3v) is 5.45. The molecule has 0 aliphatic rings. The number of hydrogen-bond acceptors (Lipinski definition) is 2. The molecule has 130 valence electrons. The summed E-state index contributed by atoms with van der Waals surface area (Å²) in [6, 6.07) is 14.4. The van der Waals surface area contributed by atoms with E-state index in [2.05, 4.69) is 0 Å². The second-order valence-corrected chi connectivity index (χ2v) is 7.35. The standard InChI is InChI=1S/C20H18F3NS/c1-12-9-10-16(11-17(12)20(21,22)23)13(2)19-24-18(14(3)25-19)15-7-5-4-6-8-15/h4-11,13H,1-3H3. The molecular weight excluding hydrogens is 343 g/mol. The van der Waals surface area contributed by atoms with Gasteiger partial charge in [0.2, 0.25) is 0 Å². The van der Waals surface area contributed by atoms with E-state index in [1.807, 2.05) is 44.2 Å². The normalized spacial score (nSPS) is 13.0. The molecule has 3 rings (SSSR count). The fourth-order valence-corrected chi connectivity index (χ4v) is 3.85. The summed E-state index contributed by atoms with van der Waals surface area (Å²) in [6.07, 6.45) is -4.34. The van der Waals surface area contributed by atoms with E-state index in [1.165, 1.54) is 30.4 Å². The van der Waals surface area contributed by atoms with E-state index >= 15 is 0 Å². The molecule has 0 aliphatic carbocycles. The van der Waals surface area contributed by atoms with Crippen LogP contribution < -0.4 is 0 Å². The van der Waals surface area contributed by atoms with Crippen molar-refractivity contribution in [1.82, 2.24) is 4.98 Å². The highest BCUT2D eigenvalue weighted by Crippen LogP contribution is 2.37. The van der Waals surface area contributed by atoms with Crippen LogP contribution in [0, 0.1) is 13.8 Å². The van der Waals surface area contributed by atoms with Gasteiger partial charge in [-0.25, -0.2) is 4.98 Å². The lowest BCUT2D eigenvalue weighted by Crippen LogP contribution is -2.09. The Labute approximate surface area is 149 Å². The van der Waals surface area contributed by atoms with Crippen molar-refractivity contribution in [2.75, 3.05) is 0 Å². The number of aromatic nitrogens is 1. The van der Waals surface area contributed by atoms with Crippen molar-refractivity contribution in [3.05, 3.63) is 75.1 Å². The molecule has 2 aromatic carbocycles. The number of thiazole rings is 1. The van der Waals surface area contributed by atoms with Gasteiger partial charge in [0, 0.05) is 16.4 Å². The van der Waals surface area contributed by atoms with Crippen LogP contribution in [0.15, 0.2) is 48.5 Å². The second kappa shape index (κ2) is 6.64. The van der Waals surface area contributed by atoms with Crippen molar-refractivity contribution in [2.45, 2.75) is 32.9 Å². The maximum Gasteiger partial charge on any atom is 0.416 e. The SMILES string of the molecule is Cc1ccc(C(C)c2nc(-c3ccccc3)c(C)s2)cc1C(F)(F)F. The molecule has 1 nitrogen and oxygen atoms in total. The Bertz CT molecular complexity index is 882. The van der Waals surface area contributed by atoms with Crippen LogP contribution in [0.2, 0.25) is 0 Å². The molecule has 0 radical (unpaired) electrons. The zero-order chi connectivity index (χ0) is 18.2. The summed E-state index contributed by atoms with van der Waals surface area (Å²) in [7, 11) is 0. The number of nitrogens with zero attached hydrogens (tertiary/aromatic N) is 1. The molecule has 1 atom stereocenters. The van der Waals surface area contributed by atoms with Crippen molar-refractivity contribution in [1.29, 1.82) is 0 Å². The van der Waals surface area contributed by atoms with Crippen LogP contribution in [-0.4, -0.2) is 4.98 Å². The van der Waals surface area contributed by atoms with Gasteiger partial charge in [-0.05, 0) is 31.0 Å². The first-order valence-electron chi connectivity index (χ1n) is 7.98. The summed E-state index contributed by atoms with van der Waals surface area (Å²) < 4.78 is 39.5. The topological polar surface area (TPSA) is 12.9 Å². The lowest BCUT2D eigenvalue weighted by atomic mass is 9.96. The number of halogens is 3. The van der Waals surface area contributed by atoms with Gasteiger partial charge >= 0.3 is 6.18 Å². The van der Waals surface area contributed by atoms with Crippen LogP contribution in [0.25, 0.3) is 11.3 Å². The average Bonchev–Trinajstić information content (AvgIpc) is 2.96. The Morgan fingerprint density at radius 3 is 2.32 bits per heavy atom. The summed E-state index contributed by atoms with van der Waals surface area (Å²) in [5, 5.41) is 0.827. The Hall–Kier alpha value is -2.14. The van der Waals surface area contributed by atoms with Gasteiger partial charge in [-0.2, -0.15) is 13.2 Å². The second-order valence-electron chi connectivity index (χ2n) is 6.12. The van der Waals surface area contributed by atoms with Crippen LogP contribution >= 0.6 is 11.3 Å². The molecule has 0 amide bonds. The van der Waals surface area contributed by atoms with Crippen LogP contribution in [0.5, 0.6) is 0 Å². The number of rotatable bonds is 3. The first kappa shape index (κ1) is 17.7. The van der Waals surface area contributed by atoms with E-state index in [0.29, 0.717) is 5.56 Å². The molecule has 5 heteroatoms. The monoisotopic (exact) mass is 361 g/mol. The molecule has 0 aliphatic heterocycles. The molecule has 3 aromatic rings. The third-order valence-electron chi connectivity index (χ3n) is 4.30. The van der Waals surface area contributed by atoms with E-state index in [-0.39, 0.29) is 11.5 Å². The predicted octanol–water partition coefficient (Wildman–Crippen LogP) is 6.60. The lowest BCUT2D eigenvalue weighted by Gasteiger charge is -2.15. The lowest BCUT2D eigenvalue weighted by molar-refractivity contribution is -0.138. The van der Waals surface area contributed by atoms with Gasteiger partial charge in [-0.1, -0.05) is 49.4 Å². The van der Waals surface area contributed by atoms with E-state index in [1.54, 1.807) is 6.07 Å². The van der Waals surface area contributed by atoms with Gasteiger partial charge in [-0.15, -0.1) is 11.3 Å². The minimum Gasteiger partial charge on any atom is -0.240 e. The van der Waals surface area contributed by atoms with Crippen molar-refractivity contribution >= 4 is 11.3 Å². The van der Waals surface area contributed by atoms with Crippen molar-refractivity contribution in [3.8, 4) is 11.3 Å². The number of aryl methyl sites for hydroxylation is 2. The largest absolute Gasteiger partial charge is 0.416 e. The molecule has 1 unspecified atom stereocenters. The van der Waals surface area contributed by atoms with Gasteiger partial charge in [0.25, 0.3) is 0 Å². The number of hydrogen-bond donors (Lipinski definition) is 0. The molecule has 0 bridgehead atoms. The highest BCUT2D eigenvalue weighted by Gasteiger charge is 2.33. The zero-order valence-corrected chi connectivity index (χ0v) is 15.0. The van der Waals surface area contributed by atoms with Gasteiger partial charge in [0.05, 0.1) is 11.3 Å². The smallest absolute Gasteiger partial charge is 0.240 e. The van der Waals surface area contributed by atoms with Crippen LogP contribution in [-0.2, 0) is 6.18 Å². The molecule has 0 fully saturated rings. The maximum absolute atomic E-state index is 13.2. The van der Waals surface area contributed by atoms with Crippen molar-refractivity contribution < 1.29 is 13.2 Å². The first-order chi connectivity index (χ1) is 11.8. The number of benzene rings is 2. The van der Waals surface area contributed by atoms with Crippen LogP contribution in [0.3, 0.4) is 0 Å². The highest BCUT2D eigenvalue weighted by molar-refractivity contribution is 7.12. The van der Waals surface area contributed by atoms with Gasteiger partial charge < -0.3 is 0 Å². The van der Waals surface area contributed by atoms with E-state index < -0.39 is 11.7 Å². The van der Waals surface area contributed by atoms with Gasteiger partial charge in [-0.3, -0.25) is 0 Å². The molecule has 0 saturated heterocycles. The Morgan fingerprint density at radius 1 is 1.00 bits per heavy atom. The van der Waals surface area contributed by atoms with E-state index in [4.69, 9.17) is 4.98 Å². The quantitative estimate of drug-likeness (QED) is 0.512. The van der Waals surface area contributed by atoms with E-state index in [9.17, 15) is 13.2 Å². The molecule has 25 heavy (non-hydrogen) atoms. The fourth-order valence-electron chi connectivity index (χ4n) is 2.82. The van der Waals surface area contributed by atoms with Gasteiger partial charge in [0.15, 0.2) is 0 Å². The predicted molar refractivity (Wildman–Crippen MR) is 96.0 cm³/mol. The Balaban J connectivity index is 1.98. The molecule has 1 aromatic heterocycles. The van der Waals surface area contributed by atoms with Crippen LogP contribution in [0.4, 0.5) is 13.2 Å². The maximum atomic E-state index is 13.2. The minimum absolute atomic E-state index is 0.192. The average molecular weight is 361 g/mol.